The van der Waals surface area contributed by atoms with E-state index in [0.717, 1.165) is 18.8 Å². The number of anilines is 1. The summed E-state index contributed by atoms with van der Waals surface area (Å²) in [6.45, 7) is 8.64. The van der Waals surface area contributed by atoms with E-state index in [4.69, 9.17) is 0 Å². The highest BCUT2D eigenvalue weighted by atomic mass is 16.3. The normalized spacial score (nSPS) is 20.8. The summed E-state index contributed by atoms with van der Waals surface area (Å²) in [5.41, 5.74) is 2.44. The fraction of sp³-hybridized carbons (Fsp3) is 0.667. The molecule has 100 valence electrons. The quantitative estimate of drug-likeness (QED) is 0.892. The van der Waals surface area contributed by atoms with Crippen LogP contribution in [0, 0.1) is 5.41 Å². The van der Waals surface area contributed by atoms with Crippen LogP contribution in [-0.4, -0.2) is 23.2 Å². The summed E-state index contributed by atoms with van der Waals surface area (Å²) < 4.78 is 0. The third-order valence-electron chi connectivity index (χ3n) is 4.39. The molecule has 3 nitrogen and oxygen atoms in total. The van der Waals surface area contributed by atoms with Crippen molar-refractivity contribution in [1.82, 2.24) is 4.98 Å². The standard InChI is InChI=1S/C15H24N2O/c1-4-15(3)7-9-17(10-8-15)13-5-6-14(12(2)18)16-11-13/h5-6,11-12,18H,4,7-10H2,1-3H3/t12-/m1/s1. The Bertz CT molecular complexity index is 378. The second-order valence-corrected chi connectivity index (χ2v) is 5.77. The van der Waals surface area contributed by atoms with E-state index >= 15 is 0 Å². The molecule has 0 bridgehead atoms. The number of hydrogen-bond donors (Lipinski definition) is 1. The van der Waals surface area contributed by atoms with E-state index in [0.29, 0.717) is 5.41 Å². The van der Waals surface area contributed by atoms with Crippen LogP contribution in [0.3, 0.4) is 0 Å². The van der Waals surface area contributed by atoms with Crippen LogP contribution < -0.4 is 4.90 Å². The molecule has 1 aromatic heterocycles. The molecule has 1 aliphatic rings. The first kappa shape index (κ1) is 13.3. The molecule has 1 fully saturated rings. The highest BCUT2D eigenvalue weighted by Crippen LogP contribution is 2.35. The van der Waals surface area contributed by atoms with Crippen LogP contribution >= 0.6 is 0 Å². The lowest BCUT2D eigenvalue weighted by molar-refractivity contribution is 0.194. The lowest BCUT2D eigenvalue weighted by Gasteiger charge is -2.40. The third kappa shape index (κ3) is 2.83. The maximum absolute atomic E-state index is 9.45. The Morgan fingerprint density at radius 1 is 1.39 bits per heavy atom. The Morgan fingerprint density at radius 3 is 2.50 bits per heavy atom. The summed E-state index contributed by atoms with van der Waals surface area (Å²) in [5.74, 6) is 0. The average molecular weight is 248 g/mol. The van der Waals surface area contributed by atoms with Gasteiger partial charge in [0.1, 0.15) is 0 Å². The van der Waals surface area contributed by atoms with E-state index in [1.54, 1.807) is 6.92 Å². The van der Waals surface area contributed by atoms with Crippen LogP contribution in [0.4, 0.5) is 5.69 Å². The van der Waals surface area contributed by atoms with Crippen molar-refractivity contribution in [2.24, 2.45) is 5.41 Å². The number of nitrogens with zero attached hydrogens (tertiary/aromatic N) is 2. The molecular formula is C15H24N2O. The summed E-state index contributed by atoms with van der Waals surface area (Å²) in [6, 6.07) is 4.00. The predicted molar refractivity (Wildman–Crippen MR) is 74.7 cm³/mol. The fourth-order valence-electron chi connectivity index (χ4n) is 2.49. The topological polar surface area (TPSA) is 36.4 Å². The van der Waals surface area contributed by atoms with Crippen LogP contribution in [0.15, 0.2) is 18.3 Å². The lowest BCUT2D eigenvalue weighted by atomic mass is 9.78. The zero-order valence-corrected chi connectivity index (χ0v) is 11.7. The van der Waals surface area contributed by atoms with Gasteiger partial charge in [-0.05, 0) is 37.3 Å². The number of aliphatic hydroxyl groups is 1. The van der Waals surface area contributed by atoms with Gasteiger partial charge in [-0.25, -0.2) is 0 Å². The lowest BCUT2D eigenvalue weighted by Crippen LogP contribution is -2.38. The minimum Gasteiger partial charge on any atom is -0.387 e. The molecule has 0 spiro atoms. The van der Waals surface area contributed by atoms with Gasteiger partial charge in [0.05, 0.1) is 23.7 Å². The summed E-state index contributed by atoms with van der Waals surface area (Å²) in [4.78, 5) is 6.72. The molecule has 2 rings (SSSR count). The molecule has 18 heavy (non-hydrogen) atoms. The molecule has 0 amide bonds. The molecule has 0 aromatic carbocycles. The molecule has 0 aliphatic carbocycles. The SMILES string of the molecule is CCC1(C)CCN(c2ccc([C@@H](C)O)nc2)CC1. The monoisotopic (exact) mass is 248 g/mol. The summed E-state index contributed by atoms with van der Waals surface area (Å²) >= 11 is 0. The predicted octanol–water partition coefficient (Wildman–Crippen LogP) is 3.15. The molecule has 1 saturated heterocycles. The van der Waals surface area contributed by atoms with Crippen LogP contribution in [0.25, 0.3) is 0 Å². The summed E-state index contributed by atoms with van der Waals surface area (Å²) in [5, 5.41) is 9.45. The van der Waals surface area contributed by atoms with Crippen LogP contribution in [0.2, 0.25) is 0 Å². The van der Waals surface area contributed by atoms with Gasteiger partial charge in [0, 0.05) is 13.1 Å². The molecule has 1 aliphatic heterocycles. The molecule has 1 atom stereocenters. The smallest absolute Gasteiger partial charge is 0.0931 e. The molecule has 1 aromatic rings. The average Bonchev–Trinajstić information content (AvgIpc) is 2.40. The van der Waals surface area contributed by atoms with Gasteiger partial charge >= 0.3 is 0 Å². The summed E-state index contributed by atoms with van der Waals surface area (Å²) in [6.07, 6.45) is 5.17. The van der Waals surface area contributed by atoms with Gasteiger partial charge in [-0.3, -0.25) is 4.98 Å². The first-order valence-electron chi connectivity index (χ1n) is 6.93. The Labute approximate surface area is 110 Å². The van der Waals surface area contributed by atoms with E-state index in [-0.39, 0.29) is 0 Å². The Morgan fingerprint density at radius 2 is 2.06 bits per heavy atom. The van der Waals surface area contributed by atoms with Gasteiger partial charge in [0.2, 0.25) is 0 Å². The second-order valence-electron chi connectivity index (χ2n) is 5.77. The van der Waals surface area contributed by atoms with Crippen molar-refractivity contribution >= 4 is 5.69 Å². The van der Waals surface area contributed by atoms with Crippen molar-refractivity contribution < 1.29 is 5.11 Å². The number of aliphatic hydroxyl groups excluding tert-OH is 1. The number of pyridine rings is 1. The number of aromatic nitrogens is 1. The number of piperidine rings is 1. The van der Waals surface area contributed by atoms with E-state index < -0.39 is 6.10 Å². The van der Waals surface area contributed by atoms with Crippen molar-refractivity contribution in [3.05, 3.63) is 24.0 Å². The molecule has 0 radical (unpaired) electrons. The fourth-order valence-corrected chi connectivity index (χ4v) is 2.49. The van der Waals surface area contributed by atoms with Crippen LogP contribution in [-0.2, 0) is 0 Å². The van der Waals surface area contributed by atoms with E-state index in [2.05, 4.69) is 29.8 Å². The Hall–Kier alpha value is -1.09. The zero-order valence-electron chi connectivity index (χ0n) is 11.7. The van der Waals surface area contributed by atoms with Crippen LogP contribution in [0.1, 0.15) is 51.8 Å². The first-order chi connectivity index (χ1) is 8.54. The van der Waals surface area contributed by atoms with Crippen molar-refractivity contribution in [1.29, 1.82) is 0 Å². The van der Waals surface area contributed by atoms with E-state index in [9.17, 15) is 5.11 Å². The number of rotatable bonds is 3. The van der Waals surface area contributed by atoms with Crippen molar-refractivity contribution in [3.63, 3.8) is 0 Å². The van der Waals surface area contributed by atoms with E-state index in [1.807, 2.05) is 12.3 Å². The molecule has 0 saturated carbocycles. The third-order valence-corrected chi connectivity index (χ3v) is 4.39. The summed E-state index contributed by atoms with van der Waals surface area (Å²) in [7, 11) is 0. The number of hydrogen-bond acceptors (Lipinski definition) is 3. The maximum atomic E-state index is 9.45. The first-order valence-corrected chi connectivity index (χ1v) is 6.93. The highest BCUT2D eigenvalue weighted by Gasteiger charge is 2.28. The maximum Gasteiger partial charge on any atom is 0.0931 e. The molecular weight excluding hydrogens is 224 g/mol. The second kappa shape index (κ2) is 5.27. The largest absolute Gasteiger partial charge is 0.387 e. The zero-order chi connectivity index (χ0) is 13.2. The minimum atomic E-state index is -0.483. The van der Waals surface area contributed by atoms with Crippen molar-refractivity contribution in [3.8, 4) is 0 Å². The van der Waals surface area contributed by atoms with Gasteiger partial charge in [0.25, 0.3) is 0 Å². The van der Waals surface area contributed by atoms with Crippen LogP contribution in [0.5, 0.6) is 0 Å². The minimum absolute atomic E-state index is 0.483. The molecule has 2 heterocycles. The van der Waals surface area contributed by atoms with Gasteiger partial charge in [-0.15, -0.1) is 0 Å². The molecule has 1 N–H and O–H groups in total. The Kier molecular flexibility index (Phi) is 3.91. The Balaban J connectivity index is 2.01. The van der Waals surface area contributed by atoms with E-state index in [1.165, 1.54) is 24.9 Å². The molecule has 0 unspecified atom stereocenters. The van der Waals surface area contributed by atoms with Gasteiger partial charge in [-0.1, -0.05) is 20.3 Å². The highest BCUT2D eigenvalue weighted by molar-refractivity contribution is 5.45. The molecule has 3 heteroatoms. The van der Waals surface area contributed by atoms with Crippen molar-refractivity contribution in [2.45, 2.75) is 46.1 Å². The van der Waals surface area contributed by atoms with Crippen molar-refractivity contribution in [2.75, 3.05) is 18.0 Å². The van der Waals surface area contributed by atoms with Gasteiger partial charge in [0.15, 0.2) is 0 Å². The van der Waals surface area contributed by atoms with Gasteiger partial charge in [-0.2, -0.15) is 0 Å². The van der Waals surface area contributed by atoms with Gasteiger partial charge < -0.3 is 10.0 Å².